The minimum Gasteiger partial charge on any atom is -0.369 e. The third kappa shape index (κ3) is 2.62. The van der Waals surface area contributed by atoms with E-state index in [1.54, 1.807) is 18.2 Å². The third-order valence-corrected chi connectivity index (χ3v) is 3.44. The summed E-state index contributed by atoms with van der Waals surface area (Å²) >= 11 is 1.16. The third-order valence-electron chi connectivity index (χ3n) is 2.35. The van der Waals surface area contributed by atoms with Crippen LogP contribution in [-0.4, -0.2) is 11.7 Å². The highest BCUT2D eigenvalue weighted by Crippen LogP contribution is 2.21. The van der Waals surface area contributed by atoms with Crippen molar-refractivity contribution >= 4 is 23.0 Å². The monoisotopic (exact) mass is 263 g/mol. The van der Waals surface area contributed by atoms with Crippen molar-refractivity contribution in [1.29, 1.82) is 0 Å². The van der Waals surface area contributed by atoms with Crippen LogP contribution in [-0.2, 0) is 11.2 Å². The average Bonchev–Trinajstić information content (AvgIpc) is 2.76. The van der Waals surface area contributed by atoms with Crippen LogP contribution in [0.5, 0.6) is 0 Å². The number of primary amides is 1. The zero-order chi connectivity index (χ0) is 13.1. The van der Waals surface area contributed by atoms with E-state index < -0.39 is 11.7 Å². The number of hydrogen-bond acceptors (Lipinski definition) is 3. The molecule has 0 aliphatic carbocycles. The lowest BCUT2D eigenvalue weighted by atomic mass is 10.1. The molecule has 0 spiro atoms. The summed E-state index contributed by atoms with van der Waals surface area (Å²) in [5, 5.41) is 0. The van der Waals surface area contributed by atoms with Gasteiger partial charge in [-0.3, -0.25) is 9.59 Å². The number of ketones is 1. The zero-order valence-electron chi connectivity index (χ0n) is 9.35. The molecule has 5 heteroatoms. The highest BCUT2D eigenvalue weighted by Gasteiger charge is 2.15. The fourth-order valence-corrected chi connectivity index (χ4v) is 2.52. The minimum absolute atomic E-state index is 0.0324. The lowest BCUT2D eigenvalue weighted by molar-refractivity contribution is -0.117. The molecular weight excluding hydrogens is 253 g/mol. The van der Waals surface area contributed by atoms with Crippen molar-refractivity contribution in [2.24, 2.45) is 5.73 Å². The molecule has 0 radical (unpaired) electrons. The van der Waals surface area contributed by atoms with Gasteiger partial charge in [0.1, 0.15) is 5.82 Å². The van der Waals surface area contributed by atoms with Crippen LogP contribution in [0.2, 0.25) is 0 Å². The molecule has 0 saturated heterocycles. The van der Waals surface area contributed by atoms with Crippen molar-refractivity contribution in [2.45, 2.75) is 6.42 Å². The van der Waals surface area contributed by atoms with Crippen LogP contribution in [0.25, 0.3) is 0 Å². The van der Waals surface area contributed by atoms with Crippen molar-refractivity contribution in [3.63, 3.8) is 0 Å². The number of carbonyl (C=O) groups is 2. The van der Waals surface area contributed by atoms with Gasteiger partial charge in [-0.15, -0.1) is 11.3 Å². The van der Waals surface area contributed by atoms with Crippen LogP contribution < -0.4 is 5.73 Å². The summed E-state index contributed by atoms with van der Waals surface area (Å²) in [6, 6.07) is 9.05. The molecule has 1 heterocycles. The van der Waals surface area contributed by atoms with Gasteiger partial charge in [0.05, 0.1) is 16.9 Å². The Balaban J connectivity index is 2.27. The van der Waals surface area contributed by atoms with Crippen LogP contribution in [0.15, 0.2) is 36.4 Å². The molecule has 2 N–H and O–H groups in total. The van der Waals surface area contributed by atoms with Crippen LogP contribution in [0.3, 0.4) is 0 Å². The van der Waals surface area contributed by atoms with Gasteiger partial charge in [0.25, 0.3) is 0 Å². The Bertz CT molecular complexity index is 607. The second-order valence-electron chi connectivity index (χ2n) is 3.72. The molecule has 0 aliphatic rings. The first-order chi connectivity index (χ1) is 8.58. The molecule has 2 aromatic rings. The summed E-state index contributed by atoms with van der Waals surface area (Å²) in [4.78, 5) is 23.9. The highest BCUT2D eigenvalue weighted by atomic mass is 32.1. The standard InChI is InChI=1S/C13H10FNO2S/c14-10-4-2-1-3-9(10)13(17)11-6-5-8(18-11)7-12(15)16/h1-6H,7H2,(H2,15,16). The molecule has 1 aromatic heterocycles. The number of nitrogens with two attached hydrogens (primary N) is 1. The fraction of sp³-hybridized carbons (Fsp3) is 0.0769. The molecule has 0 atom stereocenters. The van der Waals surface area contributed by atoms with Gasteiger partial charge in [-0.25, -0.2) is 4.39 Å². The largest absolute Gasteiger partial charge is 0.369 e. The number of thiophene rings is 1. The summed E-state index contributed by atoms with van der Waals surface area (Å²) in [5.74, 6) is -1.39. The molecule has 2 rings (SSSR count). The number of rotatable bonds is 4. The van der Waals surface area contributed by atoms with E-state index in [0.717, 1.165) is 11.3 Å². The molecule has 1 aromatic carbocycles. The number of carbonyl (C=O) groups excluding carboxylic acids is 2. The number of benzene rings is 1. The second-order valence-corrected chi connectivity index (χ2v) is 4.89. The van der Waals surface area contributed by atoms with Gasteiger partial charge in [-0.2, -0.15) is 0 Å². The van der Waals surface area contributed by atoms with Crippen molar-refractivity contribution in [2.75, 3.05) is 0 Å². The molecule has 0 saturated carbocycles. The fourth-order valence-electron chi connectivity index (χ4n) is 1.54. The lowest BCUT2D eigenvalue weighted by Gasteiger charge is -1.99. The van der Waals surface area contributed by atoms with Gasteiger partial charge in [0, 0.05) is 4.88 Å². The topological polar surface area (TPSA) is 60.2 Å². The van der Waals surface area contributed by atoms with Gasteiger partial charge in [0.2, 0.25) is 11.7 Å². The maximum absolute atomic E-state index is 13.5. The van der Waals surface area contributed by atoms with E-state index in [4.69, 9.17) is 5.73 Å². The first-order valence-electron chi connectivity index (χ1n) is 5.24. The molecular formula is C13H10FNO2S. The summed E-state index contributed by atoms with van der Waals surface area (Å²) in [6.45, 7) is 0. The first-order valence-corrected chi connectivity index (χ1v) is 6.06. The number of hydrogen-bond donors (Lipinski definition) is 1. The molecule has 0 fully saturated rings. The Kier molecular flexibility index (Phi) is 3.53. The predicted molar refractivity (Wildman–Crippen MR) is 67.0 cm³/mol. The smallest absolute Gasteiger partial charge is 0.222 e. The molecule has 3 nitrogen and oxygen atoms in total. The normalized spacial score (nSPS) is 10.3. The van der Waals surface area contributed by atoms with Crippen LogP contribution in [0, 0.1) is 5.82 Å². The first kappa shape index (κ1) is 12.4. The quantitative estimate of drug-likeness (QED) is 0.859. The van der Waals surface area contributed by atoms with Crippen molar-refractivity contribution < 1.29 is 14.0 Å². The van der Waals surface area contributed by atoms with Crippen LogP contribution in [0.1, 0.15) is 20.1 Å². The summed E-state index contributed by atoms with van der Waals surface area (Å²) in [5.41, 5.74) is 5.10. The van der Waals surface area contributed by atoms with Crippen LogP contribution >= 0.6 is 11.3 Å². The predicted octanol–water partition coefficient (Wildman–Crippen LogP) is 2.15. The Morgan fingerprint density at radius 3 is 2.56 bits per heavy atom. The number of halogens is 1. The summed E-state index contributed by atoms with van der Waals surface area (Å²) in [6.07, 6.45) is 0.0925. The van der Waals surface area contributed by atoms with Gasteiger partial charge in [-0.05, 0) is 24.3 Å². The van der Waals surface area contributed by atoms with Gasteiger partial charge in [-0.1, -0.05) is 12.1 Å². The minimum atomic E-state index is -0.549. The van der Waals surface area contributed by atoms with Gasteiger partial charge in [0.15, 0.2) is 0 Å². The second kappa shape index (κ2) is 5.10. The maximum Gasteiger partial charge on any atom is 0.222 e. The van der Waals surface area contributed by atoms with E-state index in [9.17, 15) is 14.0 Å². The Labute approximate surface area is 107 Å². The van der Waals surface area contributed by atoms with Crippen molar-refractivity contribution in [3.05, 3.63) is 57.5 Å². The van der Waals surface area contributed by atoms with Crippen molar-refractivity contribution in [3.8, 4) is 0 Å². The molecule has 1 amide bonds. The summed E-state index contributed by atoms with van der Waals surface area (Å²) < 4.78 is 13.5. The van der Waals surface area contributed by atoms with E-state index in [-0.39, 0.29) is 17.8 Å². The summed E-state index contributed by atoms with van der Waals surface area (Å²) in [7, 11) is 0. The van der Waals surface area contributed by atoms with E-state index in [1.807, 2.05) is 0 Å². The molecule has 0 bridgehead atoms. The molecule has 18 heavy (non-hydrogen) atoms. The zero-order valence-corrected chi connectivity index (χ0v) is 10.2. The Morgan fingerprint density at radius 2 is 1.89 bits per heavy atom. The van der Waals surface area contributed by atoms with E-state index >= 15 is 0 Å². The molecule has 92 valence electrons. The maximum atomic E-state index is 13.5. The van der Waals surface area contributed by atoms with Crippen LogP contribution in [0.4, 0.5) is 4.39 Å². The molecule has 0 unspecified atom stereocenters. The molecule has 0 aliphatic heterocycles. The van der Waals surface area contributed by atoms with Gasteiger partial charge < -0.3 is 5.73 Å². The highest BCUT2D eigenvalue weighted by molar-refractivity contribution is 7.14. The van der Waals surface area contributed by atoms with Crippen molar-refractivity contribution in [1.82, 2.24) is 0 Å². The Morgan fingerprint density at radius 1 is 1.17 bits per heavy atom. The SMILES string of the molecule is NC(=O)Cc1ccc(C(=O)c2ccccc2F)s1. The number of amides is 1. The van der Waals surface area contributed by atoms with Gasteiger partial charge >= 0.3 is 0 Å². The lowest BCUT2D eigenvalue weighted by Crippen LogP contribution is -2.12. The van der Waals surface area contributed by atoms with E-state index in [0.29, 0.717) is 9.75 Å². The average molecular weight is 263 g/mol. The van der Waals surface area contributed by atoms with E-state index in [1.165, 1.54) is 18.2 Å². The van der Waals surface area contributed by atoms with E-state index in [2.05, 4.69) is 0 Å². The Hall–Kier alpha value is -2.01.